The van der Waals surface area contributed by atoms with Gasteiger partial charge in [-0.25, -0.2) is 0 Å². The normalized spacial score (nSPS) is 12.8. The van der Waals surface area contributed by atoms with Gasteiger partial charge in [0.15, 0.2) is 0 Å². The minimum Gasteiger partial charge on any atom is -0.368 e. The van der Waals surface area contributed by atoms with Crippen molar-refractivity contribution in [2.75, 3.05) is 6.54 Å². The van der Waals surface area contributed by atoms with Crippen molar-refractivity contribution < 1.29 is 9.59 Å². The van der Waals surface area contributed by atoms with Crippen molar-refractivity contribution in [3.05, 3.63) is 0 Å². The summed E-state index contributed by atoms with van der Waals surface area (Å²) in [5, 5.41) is 5.78. The molecule has 100 valence electrons. The summed E-state index contributed by atoms with van der Waals surface area (Å²) < 4.78 is 0. The van der Waals surface area contributed by atoms with Gasteiger partial charge in [0.25, 0.3) is 0 Å². The molecule has 0 aromatic carbocycles. The first kappa shape index (κ1) is 15.9. The van der Waals surface area contributed by atoms with Crippen molar-refractivity contribution in [3.8, 4) is 0 Å². The van der Waals surface area contributed by atoms with Crippen molar-refractivity contribution in [1.82, 2.24) is 10.6 Å². The molecule has 0 aromatic heterocycles. The van der Waals surface area contributed by atoms with E-state index in [1.807, 2.05) is 27.7 Å². The largest absolute Gasteiger partial charge is 0.368 e. The molecule has 5 heteroatoms. The van der Waals surface area contributed by atoms with Gasteiger partial charge < -0.3 is 11.1 Å². The predicted molar refractivity (Wildman–Crippen MR) is 68.3 cm³/mol. The van der Waals surface area contributed by atoms with Gasteiger partial charge in [-0.3, -0.25) is 14.9 Å². The number of amides is 2. The van der Waals surface area contributed by atoms with Crippen molar-refractivity contribution in [3.63, 3.8) is 0 Å². The van der Waals surface area contributed by atoms with E-state index in [2.05, 4.69) is 10.6 Å². The summed E-state index contributed by atoms with van der Waals surface area (Å²) >= 11 is 0. The predicted octanol–water partition coefficient (Wildman–Crippen LogP) is 0.391. The highest BCUT2D eigenvalue weighted by Gasteiger charge is 2.20. The average Bonchev–Trinajstić information content (AvgIpc) is 2.25. The van der Waals surface area contributed by atoms with Crippen LogP contribution >= 0.6 is 0 Å². The summed E-state index contributed by atoms with van der Waals surface area (Å²) in [7, 11) is 0. The Morgan fingerprint density at radius 2 is 1.71 bits per heavy atom. The molecule has 0 rings (SSSR count). The van der Waals surface area contributed by atoms with E-state index in [9.17, 15) is 9.59 Å². The fourth-order valence-corrected chi connectivity index (χ4v) is 1.64. The highest BCUT2D eigenvalue weighted by Crippen LogP contribution is 2.00. The van der Waals surface area contributed by atoms with Gasteiger partial charge >= 0.3 is 0 Å². The Bertz CT molecular complexity index is 250. The van der Waals surface area contributed by atoms with Crippen LogP contribution in [0.25, 0.3) is 0 Å². The fourth-order valence-electron chi connectivity index (χ4n) is 1.64. The molecule has 0 spiro atoms. The summed E-state index contributed by atoms with van der Waals surface area (Å²) in [4.78, 5) is 22.7. The quantitative estimate of drug-likeness (QED) is 0.576. The second-order valence-corrected chi connectivity index (χ2v) is 4.59. The van der Waals surface area contributed by atoms with Crippen LogP contribution in [0.5, 0.6) is 0 Å². The van der Waals surface area contributed by atoms with E-state index in [-0.39, 0.29) is 24.4 Å². The monoisotopic (exact) mass is 243 g/mol. The zero-order valence-corrected chi connectivity index (χ0v) is 11.2. The highest BCUT2D eigenvalue weighted by molar-refractivity contribution is 5.82. The third-order valence-electron chi connectivity index (χ3n) is 2.81. The molecule has 2 amide bonds. The maximum absolute atomic E-state index is 11.6. The van der Waals surface area contributed by atoms with Crippen LogP contribution in [0.3, 0.4) is 0 Å². The zero-order chi connectivity index (χ0) is 13.4. The van der Waals surface area contributed by atoms with Crippen molar-refractivity contribution in [2.24, 2.45) is 11.7 Å². The maximum atomic E-state index is 11.6. The van der Waals surface area contributed by atoms with E-state index in [0.29, 0.717) is 0 Å². The van der Waals surface area contributed by atoms with Crippen LogP contribution in [0, 0.1) is 5.92 Å². The summed E-state index contributed by atoms with van der Waals surface area (Å²) in [6.07, 6.45) is 1.82. The second-order valence-electron chi connectivity index (χ2n) is 4.59. The van der Waals surface area contributed by atoms with Crippen LogP contribution in [-0.4, -0.2) is 30.4 Å². The molecule has 0 aliphatic heterocycles. The fraction of sp³-hybridized carbons (Fsp3) is 0.833. The van der Waals surface area contributed by atoms with Gasteiger partial charge in [0.05, 0.1) is 12.6 Å². The zero-order valence-electron chi connectivity index (χ0n) is 11.2. The first-order chi connectivity index (χ1) is 7.92. The number of primary amides is 1. The molecule has 0 aliphatic rings. The molecule has 0 saturated carbocycles. The molecule has 0 aliphatic carbocycles. The maximum Gasteiger partial charge on any atom is 0.234 e. The van der Waals surface area contributed by atoms with Crippen LogP contribution in [0.4, 0.5) is 0 Å². The first-order valence-electron chi connectivity index (χ1n) is 6.24. The third kappa shape index (κ3) is 6.26. The number of carbonyl (C=O) groups excluding carboxylic acids is 2. The molecule has 0 radical (unpaired) electrons. The van der Waals surface area contributed by atoms with Crippen LogP contribution in [0.2, 0.25) is 0 Å². The number of carbonyl (C=O) groups is 2. The third-order valence-corrected chi connectivity index (χ3v) is 2.81. The van der Waals surface area contributed by atoms with E-state index >= 15 is 0 Å². The number of rotatable bonds is 8. The molecule has 0 heterocycles. The van der Waals surface area contributed by atoms with E-state index < -0.39 is 11.9 Å². The van der Waals surface area contributed by atoms with E-state index in [1.54, 1.807) is 0 Å². The topological polar surface area (TPSA) is 84.2 Å². The molecular formula is C12H25N3O2. The Morgan fingerprint density at radius 1 is 1.18 bits per heavy atom. The first-order valence-corrected chi connectivity index (χ1v) is 6.24. The van der Waals surface area contributed by atoms with Gasteiger partial charge in [-0.15, -0.1) is 0 Å². The minimum absolute atomic E-state index is 0.0773. The number of nitrogens with two attached hydrogens (primary N) is 1. The van der Waals surface area contributed by atoms with Crippen LogP contribution in [-0.2, 0) is 9.59 Å². The Labute approximate surface area is 104 Å². The molecule has 5 nitrogen and oxygen atoms in total. The summed E-state index contributed by atoms with van der Waals surface area (Å²) in [6, 6.07) is -0.252. The van der Waals surface area contributed by atoms with Gasteiger partial charge in [0, 0.05) is 6.04 Å². The summed E-state index contributed by atoms with van der Waals surface area (Å²) in [5.74, 6) is -0.436. The van der Waals surface area contributed by atoms with E-state index in [0.717, 1.165) is 12.8 Å². The van der Waals surface area contributed by atoms with E-state index in [1.165, 1.54) is 0 Å². The Kier molecular flexibility index (Phi) is 7.54. The van der Waals surface area contributed by atoms with Crippen molar-refractivity contribution in [1.29, 1.82) is 0 Å². The molecule has 4 N–H and O–H groups in total. The number of hydrogen-bond acceptors (Lipinski definition) is 3. The minimum atomic E-state index is -0.456. The summed E-state index contributed by atoms with van der Waals surface area (Å²) in [6.45, 7) is 7.97. The van der Waals surface area contributed by atoms with E-state index in [4.69, 9.17) is 5.73 Å². The number of hydrogen-bond donors (Lipinski definition) is 3. The Balaban J connectivity index is 4.09. The molecule has 1 atom stereocenters. The lowest BCUT2D eigenvalue weighted by Crippen LogP contribution is -2.49. The Hall–Kier alpha value is -1.10. The second kappa shape index (κ2) is 8.06. The van der Waals surface area contributed by atoms with Crippen molar-refractivity contribution in [2.45, 2.75) is 52.6 Å². The lowest BCUT2D eigenvalue weighted by Gasteiger charge is -2.20. The lowest BCUT2D eigenvalue weighted by molar-refractivity contribution is -0.122. The highest BCUT2D eigenvalue weighted by atomic mass is 16.2. The smallest absolute Gasteiger partial charge is 0.234 e. The van der Waals surface area contributed by atoms with Gasteiger partial charge in [-0.1, -0.05) is 27.7 Å². The molecule has 17 heavy (non-hydrogen) atoms. The summed E-state index contributed by atoms with van der Waals surface area (Å²) in [5.41, 5.74) is 5.24. The SMILES string of the molecule is CCC(CC)NC(=O)CNC(C(N)=O)C(C)C. The molecule has 1 unspecified atom stereocenters. The number of nitrogens with one attached hydrogen (secondary N) is 2. The standard InChI is InChI=1S/C12H25N3O2/c1-5-9(6-2)15-10(16)7-14-11(8(3)4)12(13)17/h8-9,11,14H,5-7H2,1-4H3,(H2,13,17)(H,15,16). The molecule has 0 fully saturated rings. The van der Waals surface area contributed by atoms with Crippen molar-refractivity contribution >= 4 is 11.8 Å². The molecule has 0 bridgehead atoms. The van der Waals surface area contributed by atoms with Gasteiger partial charge in [-0.2, -0.15) is 0 Å². The average molecular weight is 243 g/mol. The van der Waals surface area contributed by atoms with Crippen LogP contribution < -0.4 is 16.4 Å². The van der Waals surface area contributed by atoms with Crippen LogP contribution in [0.1, 0.15) is 40.5 Å². The lowest BCUT2D eigenvalue weighted by atomic mass is 10.0. The molecule has 0 saturated heterocycles. The molecular weight excluding hydrogens is 218 g/mol. The van der Waals surface area contributed by atoms with Gasteiger partial charge in [0.2, 0.25) is 11.8 Å². The molecule has 0 aromatic rings. The van der Waals surface area contributed by atoms with Gasteiger partial charge in [0.1, 0.15) is 0 Å². The Morgan fingerprint density at radius 3 is 2.06 bits per heavy atom. The van der Waals surface area contributed by atoms with Crippen LogP contribution in [0.15, 0.2) is 0 Å². The van der Waals surface area contributed by atoms with Gasteiger partial charge in [-0.05, 0) is 18.8 Å².